The van der Waals surface area contributed by atoms with Crippen LogP contribution in [0, 0.1) is 5.41 Å². The maximum Gasteiger partial charge on any atom is 0.239 e. The summed E-state index contributed by atoms with van der Waals surface area (Å²) >= 11 is 0. The molecule has 6 nitrogen and oxygen atoms in total. The molecule has 0 aromatic heterocycles. The van der Waals surface area contributed by atoms with E-state index in [9.17, 15) is 9.59 Å². The van der Waals surface area contributed by atoms with Crippen LogP contribution in [0.25, 0.3) is 0 Å². The van der Waals surface area contributed by atoms with Gasteiger partial charge >= 0.3 is 0 Å². The molecule has 5 N–H and O–H groups in total. The number of amides is 2. The van der Waals surface area contributed by atoms with Gasteiger partial charge in [-0.3, -0.25) is 9.59 Å². The summed E-state index contributed by atoms with van der Waals surface area (Å²) in [7, 11) is 0. The van der Waals surface area contributed by atoms with E-state index in [1.807, 2.05) is 0 Å². The van der Waals surface area contributed by atoms with Crippen LogP contribution in [0.3, 0.4) is 0 Å². The molecule has 16 heavy (non-hydrogen) atoms. The van der Waals surface area contributed by atoms with Gasteiger partial charge in [0.05, 0.1) is 13.1 Å². The fraction of sp³-hybridized carbons (Fsp3) is 0.800. The average molecular weight is 229 g/mol. The first-order chi connectivity index (χ1) is 7.62. The number of carbonyl (C=O) groups is 2. The van der Waals surface area contributed by atoms with E-state index in [0.717, 1.165) is 19.3 Å². The van der Waals surface area contributed by atoms with Gasteiger partial charge in [0.1, 0.15) is 0 Å². The fourth-order valence-corrected chi connectivity index (χ4v) is 1.53. The summed E-state index contributed by atoms with van der Waals surface area (Å²) in [5, 5.41) is 14.0. The van der Waals surface area contributed by atoms with Crippen molar-refractivity contribution in [2.45, 2.75) is 19.3 Å². The van der Waals surface area contributed by atoms with Crippen molar-refractivity contribution in [1.29, 1.82) is 0 Å². The van der Waals surface area contributed by atoms with Crippen molar-refractivity contribution in [3.63, 3.8) is 0 Å². The molecule has 0 bridgehead atoms. The highest BCUT2D eigenvalue weighted by molar-refractivity contribution is 5.85. The third kappa shape index (κ3) is 4.16. The fourth-order valence-electron chi connectivity index (χ4n) is 1.53. The third-order valence-electron chi connectivity index (χ3n) is 2.89. The molecule has 0 unspecified atom stereocenters. The summed E-state index contributed by atoms with van der Waals surface area (Å²) in [5.41, 5.74) is 5.18. The summed E-state index contributed by atoms with van der Waals surface area (Å²) in [6.45, 7) is 0.581. The molecular weight excluding hydrogens is 210 g/mol. The van der Waals surface area contributed by atoms with Gasteiger partial charge in [-0.05, 0) is 24.7 Å². The quantitative estimate of drug-likeness (QED) is 0.419. The molecule has 1 rings (SSSR count). The summed E-state index contributed by atoms with van der Waals surface area (Å²) in [5.74, 6) is -0.558. The van der Waals surface area contributed by atoms with Crippen molar-refractivity contribution < 1.29 is 14.7 Å². The molecule has 0 aromatic carbocycles. The molecule has 0 heterocycles. The Morgan fingerprint density at radius 1 is 1.25 bits per heavy atom. The Balaban J connectivity index is 2.13. The smallest absolute Gasteiger partial charge is 0.239 e. The second-order valence-corrected chi connectivity index (χ2v) is 4.23. The molecule has 0 atom stereocenters. The van der Waals surface area contributed by atoms with Crippen LogP contribution in [0.5, 0.6) is 0 Å². The molecule has 0 radical (unpaired) electrons. The van der Waals surface area contributed by atoms with Crippen LogP contribution in [-0.2, 0) is 9.59 Å². The van der Waals surface area contributed by atoms with E-state index in [0.29, 0.717) is 6.54 Å². The van der Waals surface area contributed by atoms with Crippen molar-refractivity contribution in [1.82, 2.24) is 10.6 Å². The van der Waals surface area contributed by atoms with E-state index < -0.39 is 0 Å². The Labute approximate surface area is 94.6 Å². The lowest BCUT2D eigenvalue weighted by atomic mass is 10.0. The SMILES string of the molecule is NCC(=O)NCC(=O)NCC1(CCO)CC1. The van der Waals surface area contributed by atoms with Gasteiger partial charge in [-0.15, -0.1) is 0 Å². The van der Waals surface area contributed by atoms with Crippen LogP contribution in [-0.4, -0.2) is 43.2 Å². The topological polar surface area (TPSA) is 104 Å². The van der Waals surface area contributed by atoms with Crippen molar-refractivity contribution in [3.8, 4) is 0 Å². The maximum absolute atomic E-state index is 11.3. The Morgan fingerprint density at radius 3 is 2.44 bits per heavy atom. The van der Waals surface area contributed by atoms with E-state index in [-0.39, 0.29) is 36.9 Å². The van der Waals surface area contributed by atoms with Crippen LogP contribution >= 0.6 is 0 Å². The van der Waals surface area contributed by atoms with Gasteiger partial charge in [-0.2, -0.15) is 0 Å². The first kappa shape index (κ1) is 12.9. The van der Waals surface area contributed by atoms with Gasteiger partial charge in [0.15, 0.2) is 0 Å². The standard InChI is InChI=1S/C10H19N3O3/c11-5-8(15)12-6-9(16)13-7-10(1-2-10)3-4-14/h14H,1-7,11H2,(H,12,15)(H,13,16). The summed E-state index contributed by atoms with van der Waals surface area (Å²) in [4.78, 5) is 22.1. The highest BCUT2D eigenvalue weighted by Crippen LogP contribution is 2.47. The van der Waals surface area contributed by atoms with Crippen LogP contribution in [0.2, 0.25) is 0 Å². The van der Waals surface area contributed by atoms with Gasteiger partial charge in [-0.1, -0.05) is 0 Å². The second-order valence-electron chi connectivity index (χ2n) is 4.23. The minimum atomic E-state index is -0.341. The lowest BCUT2D eigenvalue weighted by molar-refractivity contribution is -0.125. The number of nitrogens with one attached hydrogen (secondary N) is 2. The zero-order chi connectivity index (χ0) is 12.0. The molecular formula is C10H19N3O3. The Kier molecular flexibility index (Phi) is 4.70. The van der Waals surface area contributed by atoms with Gasteiger partial charge in [-0.25, -0.2) is 0 Å². The zero-order valence-electron chi connectivity index (χ0n) is 9.29. The maximum atomic E-state index is 11.3. The van der Waals surface area contributed by atoms with Crippen molar-refractivity contribution in [2.75, 3.05) is 26.2 Å². The molecule has 92 valence electrons. The van der Waals surface area contributed by atoms with Crippen LogP contribution in [0.15, 0.2) is 0 Å². The van der Waals surface area contributed by atoms with Crippen LogP contribution < -0.4 is 16.4 Å². The van der Waals surface area contributed by atoms with E-state index in [1.165, 1.54) is 0 Å². The van der Waals surface area contributed by atoms with E-state index in [4.69, 9.17) is 10.8 Å². The Hall–Kier alpha value is -1.14. The second kappa shape index (κ2) is 5.81. The van der Waals surface area contributed by atoms with Crippen LogP contribution in [0.4, 0.5) is 0 Å². The van der Waals surface area contributed by atoms with Crippen molar-refractivity contribution in [3.05, 3.63) is 0 Å². The molecule has 6 heteroatoms. The molecule has 0 spiro atoms. The highest BCUT2D eigenvalue weighted by atomic mass is 16.3. The summed E-state index contributed by atoms with van der Waals surface area (Å²) in [6, 6.07) is 0. The zero-order valence-corrected chi connectivity index (χ0v) is 9.29. The summed E-state index contributed by atoms with van der Waals surface area (Å²) in [6.07, 6.45) is 2.81. The Morgan fingerprint density at radius 2 is 1.94 bits per heavy atom. The first-order valence-corrected chi connectivity index (χ1v) is 5.46. The predicted octanol–water partition coefficient (Wildman–Crippen LogP) is -1.66. The molecule has 2 amide bonds. The number of rotatable bonds is 7. The van der Waals surface area contributed by atoms with Gasteiger partial charge in [0.2, 0.25) is 11.8 Å². The van der Waals surface area contributed by atoms with Gasteiger partial charge in [0.25, 0.3) is 0 Å². The van der Waals surface area contributed by atoms with Crippen molar-refractivity contribution in [2.24, 2.45) is 11.1 Å². The number of aliphatic hydroxyl groups excluding tert-OH is 1. The number of nitrogens with two attached hydrogens (primary N) is 1. The van der Waals surface area contributed by atoms with E-state index in [2.05, 4.69) is 10.6 Å². The minimum Gasteiger partial charge on any atom is -0.396 e. The van der Waals surface area contributed by atoms with Gasteiger partial charge in [0, 0.05) is 13.2 Å². The first-order valence-electron chi connectivity index (χ1n) is 5.46. The lowest BCUT2D eigenvalue weighted by Crippen LogP contribution is -2.41. The number of hydrogen-bond acceptors (Lipinski definition) is 4. The number of carbonyl (C=O) groups excluding carboxylic acids is 2. The molecule has 0 aliphatic heterocycles. The largest absolute Gasteiger partial charge is 0.396 e. The molecule has 1 fully saturated rings. The van der Waals surface area contributed by atoms with E-state index in [1.54, 1.807) is 0 Å². The monoisotopic (exact) mass is 229 g/mol. The molecule has 1 aliphatic rings. The van der Waals surface area contributed by atoms with Gasteiger partial charge < -0.3 is 21.5 Å². The summed E-state index contributed by atoms with van der Waals surface area (Å²) < 4.78 is 0. The lowest BCUT2D eigenvalue weighted by Gasteiger charge is -2.14. The molecule has 0 aromatic rings. The van der Waals surface area contributed by atoms with Crippen LogP contribution in [0.1, 0.15) is 19.3 Å². The normalized spacial score (nSPS) is 16.6. The predicted molar refractivity (Wildman–Crippen MR) is 58.4 cm³/mol. The highest BCUT2D eigenvalue weighted by Gasteiger charge is 2.41. The molecule has 0 saturated heterocycles. The number of aliphatic hydroxyl groups is 1. The van der Waals surface area contributed by atoms with E-state index >= 15 is 0 Å². The number of hydrogen-bond donors (Lipinski definition) is 4. The molecule has 1 saturated carbocycles. The molecule has 1 aliphatic carbocycles. The third-order valence-corrected chi connectivity index (χ3v) is 2.89. The Bertz CT molecular complexity index is 264. The average Bonchev–Trinajstić information content (AvgIpc) is 3.04. The minimum absolute atomic E-state index is 0.0365. The van der Waals surface area contributed by atoms with Crippen molar-refractivity contribution >= 4 is 11.8 Å².